The molecule has 1 aromatic rings. The van der Waals surface area contributed by atoms with E-state index in [0.717, 1.165) is 17.0 Å². The number of aliphatic hydroxyl groups excluding tert-OH is 1. The van der Waals surface area contributed by atoms with Crippen LogP contribution < -0.4 is 0 Å². The van der Waals surface area contributed by atoms with Gasteiger partial charge in [0.2, 0.25) is 0 Å². The fourth-order valence-corrected chi connectivity index (χ4v) is 1.64. The zero-order valence-electron chi connectivity index (χ0n) is 9.91. The van der Waals surface area contributed by atoms with Gasteiger partial charge in [-0.05, 0) is 17.7 Å². The van der Waals surface area contributed by atoms with Crippen LogP contribution in [0.3, 0.4) is 0 Å². The Kier molecular flexibility index (Phi) is 5.27. The van der Waals surface area contributed by atoms with E-state index in [1.54, 1.807) is 6.07 Å². The molecule has 7 heteroatoms. The molecule has 0 saturated carbocycles. The highest BCUT2D eigenvalue weighted by Crippen LogP contribution is 2.19. The molecule has 0 aromatic heterocycles. The number of nitriles is 1. The predicted octanol–water partition coefficient (Wildman–Crippen LogP) is 2.05. The number of rotatable bonds is 5. The van der Waals surface area contributed by atoms with Gasteiger partial charge < -0.3 is 5.11 Å². The van der Waals surface area contributed by atoms with Crippen molar-refractivity contribution in [3.8, 4) is 6.07 Å². The predicted molar refractivity (Wildman–Crippen MR) is 59.5 cm³/mol. The molecule has 0 atom stereocenters. The summed E-state index contributed by atoms with van der Waals surface area (Å²) in [6.07, 6.45) is -4.40. The summed E-state index contributed by atoms with van der Waals surface area (Å²) in [4.78, 5) is 0.952. The minimum absolute atomic E-state index is 0.00915. The lowest BCUT2D eigenvalue weighted by atomic mass is 10.1. The molecular weight excluding hydrogens is 264 g/mol. The normalized spacial score (nSPS) is 11.6. The van der Waals surface area contributed by atoms with E-state index >= 15 is 0 Å². The molecule has 1 N–H and O–H groups in total. The van der Waals surface area contributed by atoms with Gasteiger partial charge >= 0.3 is 6.18 Å². The molecule has 19 heavy (non-hydrogen) atoms. The Morgan fingerprint density at radius 1 is 1.32 bits per heavy atom. The van der Waals surface area contributed by atoms with Crippen molar-refractivity contribution in [1.82, 2.24) is 4.90 Å². The molecule has 0 radical (unpaired) electrons. The van der Waals surface area contributed by atoms with Crippen LogP contribution in [0.5, 0.6) is 0 Å². The lowest BCUT2D eigenvalue weighted by molar-refractivity contribution is -0.148. The molecule has 0 heterocycles. The van der Waals surface area contributed by atoms with Crippen LogP contribution >= 0.6 is 0 Å². The fraction of sp³-hybridized carbons (Fsp3) is 0.417. The molecule has 0 amide bonds. The van der Waals surface area contributed by atoms with E-state index in [9.17, 15) is 17.6 Å². The molecule has 104 valence electrons. The van der Waals surface area contributed by atoms with Crippen molar-refractivity contribution in [2.24, 2.45) is 0 Å². The highest BCUT2D eigenvalue weighted by atomic mass is 19.4. The maximum atomic E-state index is 12.9. The highest BCUT2D eigenvalue weighted by Gasteiger charge is 2.30. The van der Waals surface area contributed by atoms with Crippen molar-refractivity contribution in [1.29, 1.82) is 5.26 Å². The Morgan fingerprint density at radius 3 is 2.53 bits per heavy atom. The standard InChI is InChI=1S/C12H12F4N2O/c13-11-2-1-9(10(5-11)6-17)7-18(3-4-19)8-12(14,15)16/h1-2,5,19H,3-4,7-8H2. The van der Waals surface area contributed by atoms with Crippen molar-refractivity contribution in [2.75, 3.05) is 19.7 Å². The Bertz CT molecular complexity index is 468. The van der Waals surface area contributed by atoms with E-state index in [-0.39, 0.29) is 18.7 Å². The topological polar surface area (TPSA) is 47.3 Å². The summed E-state index contributed by atoms with van der Waals surface area (Å²) in [6, 6.07) is 5.07. The summed E-state index contributed by atoms with van der Waals surface area (Å²) in [5.41, 5.74) is 0.284. The molecule has 0 unspecified atom stereocenters. The lowest BCUT2D eigenvalue weighted by Crippen LogP contribution is -2.35. The quantitative estimate of drug-likeness (QED) is 0.837. The lowest BCUT2D eigenvalue weighted by Gasteiger charge is -2.23. The van der Waals surface area contributed by atoms with E-state index in [1.165, 1.54) is 6.07 Å². The molecule has 0 aliphatic carbocycles. The van der Waals surface area contributed by atoms with Crippen LogP contribution in [0.4, 0.5) is 17.6 Å². The first-order chi connectivity index (χ1) is 8.85. The molecule has 0 saturated heterocycles. The van der Waals surface area contributed by atoms with Crippen molar-refractivity contribution >= 4 is 0 Å². The molecule has 1 aromatic carbocycles. The Balaban J connectivity index is 2.88. The second-order valence-corrected chi connectivity index (χ2v) is 3.96. The molecular formula is C12H12F4N2O. The summed E-state index contributed by atoms with van der Waals surface area (Å²) < 4.78 is 49.9. The summed E-state index contributed by atoms with van der Waals surface area (Å²) in [6.45, 7) is -1.99. The third-order valence-corrected chi connectivity index (χ3v) is 2.41. The van der Waals surface area contributed by atoms with Crippen LogP contribution in [-0.2, 0) is 6.54 Å². The van der Waals surface area contributed by atoms with E-state index in [2.05, 4.69) is 0 Å². The van der Waals surface area contributed by atoms with Crippen LogP contribution in [0.2, 0.25) is 0 Å². The van der Waals surface area contributed by atoms with Crippen LogP contribution in [-0.4, -0.2) is 35.9 Å². The van der Waals surface area contributed by atoms with Crippen molar-refractivity contribution < 1.29 is 22.7 Å². The highest BCUT2D eigenvalue weighted by molar-refractivity contribution is 5.37. The average molecular weight is 276 g/mol. The second kappa shape index (κ2) is 6.50. The van der Waals surface area contributed by atoms with Crippen molar-refractivity contribution in [3.63, 3.8) is 0 Å². The van der Waals surface area contributed by atoms with E-state index in [0.29, 0.717) is 5.56 Å². The number of aliphatic hydroxyl groups is 1. The summed E-state index contributed by atoms with van der Waals surface area (Å²) in [5.74, 6) is -0.621. The minimum atomic E-state index is -4.40. The van der Waals surface area contributed by atoms with Gasteiger partial charge in [-0.3, -0.25) is 4.90 Å². The van der Waals surface area contributed by atoms with Gasteiger partial charge in [0.15, 0.2) is 0 Å². The number of hydrogen-bond donors (Lipinski definition) is 1. The third kappa shape index (κ3) is 5.24. The van der Waals surface area contributed by atoms with Crippen LogP contribution in [0.15, 0.2) is 18.2 Å². The second-order valence-electron chi connectivity index (χ2n) is 3.96. The van der Waals surface area contributed by atoms with E-state index in [4.69, 9.17) is 10.4 Å². The summed E-state index contributed by atoms with van der Waals surface area (Å²) >= 11 is 0. The van der Waals surface area contributed by atoms with Crippen LogP contribution in [0, 0.1) is 17.1 Å². The van der Waals surface area contributed by atoms with E-state index in [1.807, 2.05) is 0 Å². The minimum Gasteiger partial charge on any atom is -0.395 e. The number of alkyl halides is 3. The molecule has 0 bridgehead atoms. The zero-order chi connectivity index (χ0) is 14.5. The van der Waals surface area contributed by atoms with Gasteiger partial charge in [0.1, 0.15) is 5.82 Å². The smallest absolute Gasteiger partial charge is 0.395 e. The fourth-order valence-electron chi connectivity index (χ4n) is 1.64. The van der Waals surface area contributed by atoms with Gasteiger partial charge in [-0.15, -0.1) is 0 Å². The van der Waals surface area contributed by atoms with Crippen molar-refractivity contribution in [2.45, 2.75) is 12.7 Å². The number of nitrogens with zero attached hydrogens (tertiary/aromatic N) is 2. The van der Waals surface area contributed by atoms with Crippen LogP contribution in [0.1, 0.15) is 11.1 Å². The monoisotopic (exact) mass is 276 g/mol. The zero-order valence-corrected chi connectivity index (χ0v) is 9.91. The van der Waals surface area contributed by atoms with Crippen molar-refractivity contribution in [3.05, 3.63) is 35.1 Å². The number of halogens is 4. The van der Waals surface area contributed by atoms with Gasteiger partial charge in [0.05, 0.1) is 24.8 Å². The van der Waals surface area contributed by atoms with Gasteiger partial charge in [0, 0.05) is 13.1 Å². The Morgan fingerprint density at radius 2 is 2.00 bits per heavy atom. The van der Waals surface area contributed by atoms with E-state index < -0.39 is 25.1 Å². The number of hydrogen-bond acceptors (Lipinski definition) is 3. The first kappa shape index (κ1) is 15.4. The maximum Gasteiger partial charge on any atom is 0.401 e. The van der Waals surface area contributed by atoms with Gasteiger partial charge in [-0.2, -0.15) is 18.4 Å². The van der Waals surface area contributed by atoms with Gasteiger partial charge in [-0.1, -0.05) is 6.07 Å². The number of benzene rings is 1. The molecule has 1 rings (SSSR count). The summed E-state index contributed by atoms with van der Waals surface area (Å²) in [7, 11) is 0. The van der Waals surface area contributed by atoms with Gasteiger partial charge in [0.25, 0.3) is 0 Å². The first-order valence-corrected chi connectivity index (χ1v) is 5.44. The maximum absolute atomic E-state index is 12.9. The molecule has 0 fully saturated rings. The van der Waals surface area contributed by atoms with Gasteiger partial charge in [-0.25, -0.2) is 4.39 Å². The average Bonchev–Trinajstić information content (AvgIpc) is 2.29. The van der Waals surface area contributed by atoms with Crippen LogP contribution in [0.25, 0.3) is 0 Å². The SMILES string of the molecule is N#Cc1cc(F)ccc1CN(CCO)CC(F)(F)F. The molecule has 0 aliphatic rings. The third-order valence-electron chi connectivity index (χ3n) is 2.41. The largest absolute Gasteiger partial charge is 0.401 e. The first-order valence-electron chi connectivity index (χ1n) is 5.44. The Labute approximate surface area is 107 Å². The molecule has 0 spiro atoms. The summed E-state index contributed by atoms with van der Waals surface area (Å²) in [5, 5.41) is 17.6. The molecule has 3 nitrogen and oxygen atoms in total. The molecule has 0 aliphatic heterocycles. The Hall–Kier alpha value is -1.65.